The van der Waals surface area contributed by atoms with Gasteiger partial charge < -0.3 is 10.6 Å². The Morgan fingerprint density at radius 1 is 0.963 bits per heavy atom. The molecule has 0 radical (unpaired) electrons. The molecule has 2 N–H and O–H groups in total. The number of carbonyl (C=O) groups is 1. The van der Waals surface area contributed by atoms with Crippen molar-refractivity contribution in [1.82, 2.24) is 9.97 Å². The van der Waals surface area contributed by atoms with Crippen LogP contribution in [-0.4, -0.2) is 15.9 Å². The number of rotatable bonds is 4. The van der Waals surface area contributed by atoms with Gasteiger partial charge in [-0.25, -0.2) is 14.4 Å². The summed E-state index contributed by atoms with van der Waals surface area (Å²) >= 11 is 5.75. The molecule has 0 bridgehead atoms. The molecule has 1 amide bonds. The van der Waals surface area contributed by atoms with E-state index < -0.39 is 11.7 Å². The van der Waals surface area contributed by atoms with Crippen molar-refractivity contribution in [3.05, 3.63) is 75.8 Å². The SMILES string of the molecule is Cc1cc(C(=O)Nc2ccc(F)c(Cl)c2)nc(Nc2ccc(C)c(C)c2)n1. The molecule has 1 aromatic heterocycles. The fraction of sp³-hybridized carbons (Fsp3) is 0.150. The lowest BCUT2D eigenvalue weighted by atomic mass is 10.1. The fourth-order valence-electron chi connectivity index (χ4n) is 2.46. The molecule has 0 saturated heterocycles. The third-order valence-corrected chi connectivity index (χ3v) is 4.32. The zero-order valence-corrected chi connectivity index (χ0v) is 15.9. The van der Waals surface area contributed by atoms with Crippen molar-refractivity contribution < 1.29 is 9.18 Å². The fourth-order valence-corrected chi connectivity index (χ4v) is 2.64. The Kier molecular flexibility index (Phi) is 5.37. The standard InChI is InChI=1S/C20H18ClFN4O/c1-11-4-5-14(8-12(11)2)25-20-23-13(3)9-18(26-20)19(27)24-15-6-7-17(22)16(21)10-15/h4-10H,1-3H3,(H,24,27)(H,23,25,26). The summed E-state index contributed by atoms with van der Waals surface area (Å²) in [6, 6.07) is 11.5. The van der Waals surface area contributed by atoms with Gasteiger partial charge in [-0.05, 0) is 68.3 Å². The van der Waals surface area contributed by atoms with E-state index in [9.17, 15) is 9.18 Å². The molecule has 7 heteroatoms. The number of carbonyl (C=O) groups excluding carboxylic acids is 1. The Balaban J connectivity index is 1.82. The summed E-state index contributed by atoms with van der Waals surface area (Å²) in [5.41, 5.74) is 4.36. The van der Waals surface area contributed by atoms with Crippen LogP contribution in [0, 0.1) is 26.6 Å². The molecular weight excluding hydrogens is 367 g/mol. The third-order valence-electron chi connectivity index (χ3n) is 4.03. The highest BCUT2D eigenvalue weighted by Gasteiger charge is 2.12. The molecule has 3 aromatic rings. The summed E-state index contributed by atoms with van der Waals surface area (Å²) in [5, 5.41) is 5.70. The number of halogens is 2. The van der Waals surface area contributed by atoms with Gasteiger partial charge in [-0.1, -0.05) is 17.7 Å². The molecule has 0 aliphatic heterocycles. The molecule has 138 valence electrons. The van der Waals surface area contributed by atoms with Gasteiger partial charge in [0.25, 0.3) is 5.91 Å². The van der Waals surface area contributed by atoms with E-state index in [2.05, 4.69) is 20.6 Å². The number of nitrogens with zero attached hydrogens (tertiary/aromatic N) is 2. The van der Waals surface area contributed by atoms with Crippen molar-refractivity contribution in [2.75, 3.05) is 10.6 Å². The zero-order valence-electron chi connectivity index (χ0n) is 15.1. The minimum Gasteiger partial charge on any atom is -0.324 e. The van der Waals surface area contributed by atoms with E-state index in [1.807, 2.05) is 32.0 Å². The number of aromatic nitrogens is 2. The molecule has 0 spiro atoms. The number of hydrogen-bond acceptors (Lipinski definition) is 4. The summed E-state index contributed by atoms with van der Waals surface area (Å²) in [5.74, 6) is -0.667. The summed E-state index contributed by atoms with van der Waals surface area (Å²) in [7, 11) is 0. The van der Waals surface area contributed by atoms with Gasteiger partial charge in [0.15, 0.2) is 0 Å². The van der Waals surface area contributed by atoms with E-state index in [0.29, 0.717) is 17.3 Å². The molecule has 0 aliphatic rings. The van der Waals surface area contributed by atoms with Crippen LogP contribution in [0.25, 0.3) is 0 Å². The molecule has 0 saturated carbocycles. The van der Waals surface area contributed by atoms with E-state index in [4.69, 9.17) is 11.6 Å². The van der Waals surface area contributed by atoms with Crippen molar-refractivity contribution in [3.8, 4) is 0 Å². The van der Waals surface area contributed by atoms with Crippen LogP contribution in [0.1, 0.15) is 27.3 Å². The molecule has 0 aliphatic carbocycles. The number of anilines is 3. The lowest BCUT2D eigenvalue weighted by Crippen LogP contribution is -2.15. The highest BCUT2D eigenvalue weighted by atomic mass is 35.5. The first kappa shape index (κ1) is 18.8. The predicted molar refractivity (Wildman–Crippen MR) is 105 cm³/mol. The Morgan fingerprint density at radius 2 is 1.70 bits per heavy atom. The first-order valence-corrected chi connectivity index (χ1v) is 8.66. The zero-order chi connectivity index (χ0) is 19.6. The van der Waals surface area contributed by atoms with Gasteiger partial charge in [0.05, 0.1) is 5.02 Å². The molecule has 0 fully saturated rings. The lowest BCUT2D eigenvalue weighted by Gasteiger charge is -2.10. The van der Waals surface area contributed by atoms with E-state index >= 15 is 0 Å². The third kappa shape index (κ3) is 4.60. The van der Waals surface area contributed by atoms with Crippen LogP contribution >= 0.6 is 11.6 Å². The Labute approximate surface area is 161 Å². The summed E-state index contributed by atoms with van der Waals surface area (Å²) in [6.45, 7) is 5.83. The van der Waals surface area contributed by atoms with E-state index in [1.54, 1.807) is 13.0 Å². The largest absolute Gasteiger partial charge is 0.324 e. The highest BCUT2D eigenvalue weighted by Crippen LogP contribution is 2.21. The maximum atomic E-state index is 13.3. The van der Waals surface area contributed by atoms with Crippen LogP contribution < -0.4 is 10.6 Å². The molecule has 0 atom stereocenters. The van der Waals surface area contributed by atoms with Crippen LogP contribution in [0.2, 0.25) is 5.02 Å². The molecular formula is C20H18ClFN4O. The second-order valence-corrected chi connectivity index (χ2v) is 6.63. The second-order valence-electron chi connectivity index (χ2n) is 6.23. The maximum Gasteiger partial charge on any atom is 0.274 e. The van der Waals surface area contributed by atoms with Crippen molar-refractivity contribution >= 4 is 34.8 Å². The van der Waals surface area contributed by atoms with Crippen molar-refractivity contribution in [1.29, 1.82) is 0 Å². The second kappa shape index (κ2) is 7.72. The minimum atomic E-state index is -0.549. The van der Waals surface area contributed by atoms with Gasteiger partial charge in [0.1, 0.15) is 11.5 Å². The van der Waals surface area contributed by atoms with Crippen molar-refractivity contribution in [2.24, 2.45) is 0 Å². The topological polar surface area (TPSA) is 66.9 Å². The van der Waals surface area contributed by atoms with Crippen LogP contribution in [0.5, 0.6) is 0 Å². The van der Waals surface area contributed by atoms with Crippen LogP contribution in [0.15, 0.2) is 42.5 Å². The molecule has 2 aromatic carbocycles. The number of amides is 1. The number of hydrogen-bond donors (Lipinski definition) is 2. The Morgan fingerprint density at radius 3 is 2.41 bits per heavy atom. The Bertz CT molecular complexity index is 1020. The van der Waals surface area contributed by atoms with E-state index in [0.717, 1.165) is 11.3 Å². The van der Waals surface area contributed by atoms with Crippen LogP contribution in [0.3, 0.4) is 0 Å². The normalized spacial score (nSPS) is 10.6. The van der Waals surface area contributed by atoms with E-state index in [1.165, 1.54) is 23.8 Å². The molecule has 3 rings (SSSR count). The average Bonchev–Trinajstić information content (AvgIpc) is 2.61. The van der Waals surface area contributed by atoms with Crippen molar-refractivity contribution in [2.45, 2.75) is 20.8 Å². The van der Waals surface area contributed by atoms with Crippen LogP contribution in [0.4, 0.5) is 21.7 Å². The molecule has 27 heavy (non-hydrogen) atoms. The minimum absolute atomic E-state index is 0.0660. The van der Waals surface area contributed by atoms with Gasteiger partial charge in [0.2, 0.25) is 5.95 Å². The Hall–Kier alpha value is -2.99. The van der Waals surface area contributed by atoms with E-state index in [-0.39, 0.29) is 10.7 Å². The first-order valence-electron chi connectivity index (χ1n) is 8.28. The maximum absolute atomic E-state index is 13.3. The number of benzene rings is 2. The molecule has 0 unspecified atom stereocenters. The number of aryl methyl sites for hydroxylation is 3. The van der Waals surface area contributed by atoms with Gasteiger partial charge in [-0.15, -0.1) is 0 Å². The number of nitrogens with one attached hydrogen (secondary N) is 2. The summed E-state index contributed by atoms with van der Waals surface area (Å²) in [6.07, 6.45) is 0. The van der Waals surface area contributed by atoms with Crippen LogP contribution in [-0.2, 0) is 0 Å². The monoisotopic (exact) mass is 384 g/mol. The quantitative estimate of drug-likeness (QED) is 0.649. The van der Waals surface area contributed by atoms with Gasteiger partial charge >= 0.3 is 0 Å². The first-order chi connectivity index (χ1) is 12.8. The average molecular weight is 385 g/mol. The van der Waals surface area contributed by atoms with Crippen molar-refractivity contribution in [3.63, 3.8) is 0 Å². The highest BCUT2D eigenvalue weighted by molar-refractivity contribution is 6.31. The predicted octanol–water partition coefficient (Wildman–Crippen LogP) is 5.19. The molecule has 1 heterocycles. The molecule has 5 nitrogen and oxygen atoms in total. The summed E-state index contributed by atoms with van der Waals surface area (Å²) < 4.78 is 13.3. The summed E-state index contributed by atoms with van der Waals surface area (Å²) in [4.78, 5) is 21.1. The van der Waals surface area contributed by atoms with Gasteiger partial charge in [-0.3, -0.25) is 4.79 Å². The van der Waals surface area contributed by atoms with Gasteiger partial charge in [0, 0.05) is 17.1 Å². The van der Waals surface area contributed by atoms with Gasteiger partial charge in [-0.2, -0.15) is 0 Å². The smallest absolute Gasteiger partial charge is 0.274 e. The lowest BCUT2D eigenvalue weighted by molar-refractivity contribution is 0.102.